The van der Waals surface area contributed by atoms with Gasteiger partial charge in [0.05, 0.1) is 6.61 Å². The van der Waals surface area contributed by atoms with Gasteiger partial charge in [-0.3, -0.25) is 4.79 Å². The van der Waals surface area contributed by atoms with Gasteiger partial charge in [0, 0.05) is 12.0 Å². The summed E-state index contributed by atoms with van der Waals surface area (Å²) in [5, 5.41) is 2.89. The summed E-state index contributed by atoms with van der Waals surface area (Å²) in [7, 11) is 0. The van der Waals surface area contributed by atoms with E-state index in [1.54, 1.807) is 13.0 Å². The monoisotopic (exact) mass is 236 g/mol. The van der Waals surface area contributed by atoms with Crippen LogP contribution in [0.25, 0.3) is 0 Å². The molecule has 17 heavy (non-hydrogen) atoms. The van der Waals surface area contributed by atoms with Crippen LogP contribution < -0.4 is 11.1 Å². The van der Waals surface area contributed by atoms with E-state index in [0.29, 0.717) is 24.2 Å². The number of carbonyl (C=O) groups excluding carboxylic acids is 1. The van der Waals surface area contributed by atoms with Crippen molar-refractivity contribution >= 4 is 17.6 Å². The number of esters is 1. The highest BCUT2D eigenvalue weighted by atomic mass is 16.5. The van der Waals surface area contributed by atoms with Gasteiger partial charge in [-0.1, -0.05) is 0 Å². The number of ether oxygens (including phenoxy) is 1. The molecule has 0 aromatic carbocycles. The van der Waals surface area contributed by atoms with Crippen molar-refractivity contribution in [2.75, 3.05) is 24.2 Å². The van der Waals surface area contributed by atoms with Crippen LogP contribution in [0, 0.1) is 0 Å². The molecule has 3 N–H and O–H groups in total. The average molecular weight is 236 g/mol. The molecular formula is C11H16N4O2. The van der Waals surface area contributed by atoms with Crippen LogP contribution in [0.2, 0.25) is 0 Å². The first-order valence-electron chi connectivity index (χ1n) is 5.73. The molecule has 0 bridgehead atoms. The standard InChI is InChI=1S/C11H16N4O2/c1-2-17-10(16)6-13-9-5-8(12)14-11(15-9)7-3-4-7/h5,7H,2-4,6H2,1H3,(H3,12,13,14,15). The lowest BCUT2D eigenvalue weighted by molar-refractivity contribution is -0.140. The SMILES string of the molecule is CCOC(=O)CNc1cc(N)nc(C2CC2)n1. The smallest absolute Gasteiger partial charge is 0.325 e. The van der Waals surface area contributed by atoms with Gasteiger partial charge in [0.2, 0.25) is 0 Å². The summed E-state index contributed by atoms with van der Waals surface area (Å²) in [6, 6.07) is 1.62. The predicted molar refractivity (Wildman–Crippen MR) is 63.5 cm³/mol. The fraction of sp³-hybridized carbons (Fsp3) is 0.545. The maximum Gasteiger partial charge on any atom is 0.325 e. The van der Waals surface area contributed by atoms with Crippen LogP contribution in [-0.2, 0) is 9.53 Å². The van der Waals surface area contributed by atoms with Gasteiger partial charge in [-0.2, -0.15) is 0 Å². The van der Waals surface area contributed by atoms with Crippen LogP contribution in [0.3, 0.4) is 0 Å². The van der Waals surface area contributed by atoms with Crippen molar-refractivity contribution in [3.63, 3.8) is 0 Å². The van der Waals surface area contributed by atoms with E-state index in [0.717, 1.165) is 18.7 Å². The second kappa shape index (κ2) is 4.99. The molecule has 92 valence electrons. The topological polar surface area (TPSA) is 90.1 Å². The number of anilines is 2. The molecule has 0 saturated heterocycles. The lowest BCUT2D eigenvalue weighted by Gasteiger charge is -2.07. The van der Waals surface area contributed by atoms with Gasteiger partial charge in [0.25, 0.3) is 0 Å². The van der Waals surface area contributed by atoms with E-state index < -0.39 is 0 Å². The summed E-state index contributed by atoms with van der Waals surface area (Å²) in [6.07, 6.45) is 2.22. The van der Waals surface area contributed by atoms with E-state index in [2.05, 4.69) is 15.3 Å². The lowest BCUT2D eigenvalue weighted by Crippen LogP contribution is -2.18. The number of nitrogens with one attached hydrogen (secondary N) is 1. The van der Waals surface area contributed by atoms with Crippen molar-refractivity contribution < 1.29 is 9.53 Å². The Balaban J connectivity index is 1.97. The Kier molecular flexibility index (Phi) is 3.41. The van der Waals surface area contributed by atoms with Crippen LogP contribution in [0.1, 0.15) is 31.5 Å². The minimum atomic E-state index is -0.308. The molecule has 0 spiro atoms. The summed E-state index contributed by atoms with van der Waals surface area (Å²) in [6.45, 7) is 2.24. The van der Waals surface area contributed by atoms with Crippen molar-refractivity contribution in [2.45, 2.75) is 25.7 Å². The summed E-state index contributed by atoms with van der Waals surface area (Å²) in [5.74, 6) is 1.89. The zero-order valence-electron chi connectivity index (χ0n) is 9.77. The molecule has 0 unspecified atom stereocenters. The number of hydrogen-bond donors (Lipinski definition) is 2. The molecule has 0 atom stereocenters. The summed E-state index contributed by atoms with van der Waals surface area (Å²) in [4.78, 5) is 19.7. The fourth-order valence-corrected chi connectivity index (χ4v) is 1.47. The molecule has 1 aromatic rings. The molecule has 1 heterocycles. The van der Waals surface area contributed by atoms with Crippen LogP contribution in [0.15, 0.2) is 6.07 Å². The lowest BCUT2D eigenvalue weighted by atomic mass is 10.4. The van der Waals surface area contributed by atoms with Gasteiger partial charge in [0.15, 0.2) is 0 Å². The highest BCUT2D eigenvalue weighted by Gasteiger charge is 2.27. The Labute approximate surface area is 99.6 Å². The van der Waals surface area contributed by atoms with Gasteiger partial charge >= 0.3 is 5.97 Å². The van der Waals surface area contributed by atoms with Gasteiger partial charge < -0.3 is 15.8 Å². The third-order valence-electron chi connectivity index (χ3n) is 2.42. The first kappa shape index (κ1) is 11.6. The van der Waals surface area contributed by atoms with E-state index in [-0.39, 0.29) is 12.5 Å². The van der Waals surface area contributed by atoms with E-state index in [4.69, 9.17) is 10.5 Å². The number of carbonyl (C=O) groups is 1. The van der Waals surface area contributed by atoms with Gasteiger partial charge in [-0.25, -0.2) is 9.97 Å². The molecule has 0 radical (unpaired) electrons. The number of rotatable bonds is 5. The van der Waals surface area contributed by atoms with Crippen molar-refractivity contribution in [3.8, 4) is 0 Å². The highest BCUT2D eigenvalue weighted by Crippen LogP contribution is 2.38. The second-order valence-corrected chi connectivity index (χ2v) is 3.97. The fourth-order valence-electron chi connectivity index (χ4n) is 1.47. The maximum atomic E-state index is 11.2. The zero-order valence-corrected chi connectivity index (χ0v) is 9.77. The maximum absolute atomic E-state index is 11.2. The van der Waals surface area contributed by atoms with E-state index in [1.807, 2.05) is 0 Å². The van der Waals surface area contributed by atoms with E-state index >= 15 is 0 Å². The third-order valence-corrected chi connectivity index (χ3v) is 2.42. The third kappa shape index (κ3) is 3.30. The highest BCUT2D eigenvalue weighted by molar-refractivity contribution is 5.74. The quantitative estimate of drug-likeness (QED) is 0.738. The number of nitrogens with two attached hydrogens (primary N) is 1. The predicted octanol–water partition coefficient (Wildman–Crippen LogP) is 0.911. The Morgan fingerprint density at radius 1 is 1.59 bits per heavy atom. The number of hydrogen-bond acceptors (Lipinski definition) is 6. The van der Waals surface area contributed by atoms with E-state index in [9.17, 15) is 4.79 Å². The Hall–Kier alpha value is -1.85. The number of nitrogen functional groups attached to an aromatic ring is 1. The Morgan fingerprint density at radius 3 is 3.00 bits per heavy atom. The average Bonchev–Trinajstić information content (AvgIpc) is 3.10. The molecule has 1 saturated carbocycles. The molecule has 1 aromatic heterocycles. The van der Waals surface area contributed by atoms with Crippen molar-refractivity contribution in [1.29, 1.82) is 0 Å². The van der Waals surface area contributed by atoms with Crippen molar-refractivity contribution in [1.82, 2.24) is 9.97 Å². The van der Waals surface area contributed by atoms with Gasteiger partial charge in [0.1, 0.15) is 24.0 Å². The molecule has 6 heteroatoms. The molecule has 2 rings (SSSR count). The van der Waals surface area contributed by atoms with Crippen LogP contribution in [0.4, 0.5) is 11.6 Å². The van der Waals surface area contributed by atoms with Crippen molar-refractivity contribution in [3.05, 3.63) is 11.9 Å². The van der Waals surface area contributed by atoms with Crippen LogP contribution in [0.5, 0.6) is 0 Å². The zero-order chi connectivity index (χ0) is 12.3. The molecule has 1 fully saturated rings. The molecule has 1 aliphatic carbocycles. The number of aromatic nitrogens is 2. The summed E-state index contributed by atoms with van der Waals surface area (Å²) in [5.41, 5.74) is 5.68. The van der Waals surface area contributed by atoms with E-state index in [1.165, 1.54) is 0 Å². The molecule has 0 aliphatic heterocycles. The van der Waals surface area contributed by atoms with Crippen LogP contribution in [-0.4, -0.2) is 29.1 Å². The van der Waals surface area contributed by atoms with Gasteiger partial charge in [-0.05, 0) is 19.8 Å². The molecule has 0 amide bonds. The molecular weight excluding hydrogens is 220 g/mol. The number of nitrogens with zero attached hydrogens (tertiary/aromatic N) is 2. The second-order valence-electron chi connectivity index (χ2n) is 3.97. The largest absolute Gasteiger partial charge is 0.465 e. The summed E-state index contributed by atoms with van der Waals surface area (Å²) >= 11 is 0. The first-order chi connectivity index (χ1) is 8.19. The van der Waals surface area contributed by atoms with Gasteiger partial charge in [-0.15, -0.1) is 0 Å². The Morgan fingerprint density at radius 2 is 2.35 bits per heavy atom. The van der Waals surface area contributed by atoms with Crippen LogP contribution >= 0.6 is 0 Å². The molecule has 6 nitrogen and oxygen atoms in total. The Bertz CT molecular complexity index is 418. The summed E-state index contributed by atoms with van der Waals surface area (Å²) < 4.78 is 4.81. The molecule has 1 aliphatic rings. The minimum Gasteiger partial charge on any atom is -0.465 e. The minimum absolute atomic E-state index is 0.0917. The normalized spacial score (nSPS) is 14.4. The first-order valence-corrected chi connectivity index (χ1v) is 5.73. The van der Waals surface area contributed by atoms with Crippen molar-refractivity contribution in [2.24, 2.45) is 0 Å².